The number of carbonyl (C=O) groups is 1. The molecule has 0 aromatic heterocycles. The van der Waals surface area contributed by atoms with E-state index < -0.39 is 67.3 Å². The molecule has 3 aliphatic heterocycles. The number of ether oxygens (including phenoxy) is 9. The summed E-state index contributed by atoms with van der Waals surface area (Å²) in [6.07, 6.45) is -7.25. The Balaban J connectivity index is 1.26. The Kier molecular flexibility index (Phi) is 13.9. The molecule has 10 atom stereocenters. The molecule has 0 spiro atoms. The Labute approximate surface area is 325 Å². The van der Waals surface area contributed by atoms with Gasteiger partial charge in [0, 0.05) is 4.91 Å². The van der Waals surface area contributed by atoms with Gasteiger partial charge in [0.05, 0.1) is 33.0 Å². The summed E-state index contributed by atoms with van der Waals surface area (Å²) in [4.78, 5) is 17.1. The highest BCUT2D eigenvalue weighted by atomic mass is 16.8. The topological polar surface area (TPSA) is 149 Å². The first-order valence-electron chi connectivity index (χ1n) is 18.6. The first kappa shape index (κ1) is 39.3. The molecule has 0 unspecified atom stereocenters. The average molecular weight is 764 g/mol. The number of rotatable bonds is 18. The van der Waals surface area contributed by atoms with Crippen molar-refractivity contribution in [3.63, 3.8) is 0 Å². The second-order valence-corrected chi connectivity index (χ2v) is 13.6. The fraction of sp³-hybridized carbons (Fsp3) is 0.372. The van der Waals surface area contributed by atoms with Gasteiger partial charge in [0.25, 0.3) is 0 Å². The van der Waals surface area contributed by atoms with Crippen LogP contribution < -0.4 is 0 Å². The number of carbonyl (C=O) groups excluding carboxylic acids is 1. The van der Waals surface area contributed by atoms with Crippen molar-refractivity contribution in [3.05, 3.63) is 167 Å². The van der Waals surface area contributed by atoms with Gasteiger partial charge in [-0.2, -0.15) is 0 Å². The predicted molar refractivity (Wildman–Crippen MR) is 202 cm³/mol. The highest BCUT2D eigenvalue weighted by Gasteiger charge is 2.57. The predicted octanol–water partition coefficient (Wildman–Crippen LogP) is 6.60. The summed E-state index contributed by atoms with van der Waals surface area (Å²) in [7, 11) is 0. The fourth-order valence-corrected chi connectivity index (χ4v) is 6.99. The number of nitrogens with zero attached hydrogens (tertiary/aromatic N) is 3. The lowest BCUT2D eigenvalue weighted by Gasteiger charge is -2.47. The van der Waals surface area contributed by atoms with Crippen molar-refractivity contribution in [2.24, 2.45) is 5.11 Å². The maximum atomic E-state index is 14.0. The third kappa shape index (κ3) is 9.90. The van der Waals surface area contributed by atoms with E-state index >= 15 is 0 Å². The molecule has 13 nitrogen and oxygen atoms in total. The zero-order chi connectivity index (χ0) is 38.5. The molecule has 3 saturated heterocycles. The molecular formula is C43H45N3O10. The Bertz CT molecular complexity index is 1870. The van der Waals surface area contributed by atoms with Crippen LogP contribution in [0.15, 0.2) is 139 Å². The van der Waals surface area contributed by atoms with Crippen molar-refractivity contribution in [1.82, 2.24) is 0 Å². The van der Waals surface area contributed by atoms with Crippen LogP contribution in [0.1, 0.15) is 22.3 Å². The van der Waals surface area contributed by atoms with E-state index in [1.807, 2.05) is 121 Å². The third-order valence-corrected chi connectivity index (χ3v) is 9.73. The van der Waals surface area contributed by atoms with Crippen LogP contribution in [-0.2, 0) is 73.9 Å². The number of esters is 1. The largest absolute Gasteiger partial charge is 0.459 e. The Morgan fingerprint density at radius 1 is 0.679 bits per heavy atom. The lowest BCUT2D eigenvalue weighted by Crippen LogP contribution is -2.65. The summed E-state index contributed by atoms with van der Waals surface area (Å²) in [6.45, 7) is 4.44. The highest BCUT2D eigenvalue weighted by molar-refractivity contribution is 5.76. The van der Waals surface area contributed by atoms with E-state index in [1.165, 1.54) is 6.08 Å². The molecule has 292 valence electrons. The molecule has 0 radical (unpaired) electrons. The lowest BCUT2D eigenvalue weighted by atomic mass is 9.96. The maximum Gasteiger partial charge on any atom is 0.338 e. The van der Waals surface area contributed by atoms with Crippen LogP contribution in [0.2, 0.25) is 0 Å². The standard InChI is InChI=1S/C43H45N3O10/c1-2-23-48-41(47)39-37(50-25-30-17-9-4-10-18-30)38(51-26-31-19-11-5-12-20-31)40(52-27-32-21-13-6-14-22-32)43(56-39)55-35-33-28-53-42(54-33)34(45-46-44)36(35)49-24-29-15-7-3-8-16-29/h2-22,33-40,42-43H,1,23-28H2/t33-,34-,35-,36-,37+,38+,39+,40-,42-,43-/m1/s1. The van der Waals surface area contributed by atoms with E-state index in [9.17, 15) is 10.3 Å². The van der Waals surface area contributed by atoms with Crippen LogP contribution in [0.5, 0.6) is 0 Å². The van der Waals surface area contributed by atoms with E-state index in [2.05, 4.69) is 16.6 Å². The summed E-state index contributed by atoms with van der Waals surface area (Å²) in [5.74, 6) is -0.695. The molecule has 3 fully saturated rings. The molecule has 3 heterocycles. The molecule has 7 rings (SSSR count). The summed E-state index contributed by atoms with van der Waals surface area (Å²) < 4.78 is 57.8. The van der Waals surface area contributed by atoms with Crippen molar-refractivity contribution in [2.45, 2.75) is 87.8 Å². The van der Waals surface area contributed by atoms with Crippen LogP contribution in [0.3, 0.4) is 0 Å². The minimum atomic E-state index is -1.32. The Morgan fingerprint density at radius 2 is 1.16 bits per heavy atom. The molecule has 3 aliphatic rings. The summed E-state index contributed by atoms with van der Waals surface area (Å²) >= 11 is 0. The van der Waals surface area contributed by atoms with Gasteiger partial charge in [0.2, 0.25) is 0 Å². The van der Waals surface area contributed by atoms with Crippen LogP contribution in [0.4, 0.5) is 0 Å². The second kappa shape index (κ2) is 19.8. The van der Waals surface area contributed by atoms with Gasteiger partial charge in [-0.15, -0.1) is 0 Å². The summed E-state index contributed by atoms with van der Waals surface area (Å²) in [6, 6.07) is 37.6. The highest BCUT2D eigenvalue weighted by Crippen LogP contribution is 2.38. The molecule has 56 heavy (non-hydrogen) atoms. The quantitative estimate of drug-likeness (QED) is 0.0357. The molecule has 0 aliphatic carbocycles. The third-order valence-electron chi connectivity index (χ3n) is 9.73. The Hall–Kier alpha value is -4.92. The normalized spacial score (nSPS) is 28.2. The van der Waals surface area contributed by atoms with Gasteiger partial charge in [-0.1, -0.05) is 139 Å². The van der Waals surface area contributed by atoms with Crippen molar-refractivity contribution in [1.29, 1.82) is 0 Å². The molecule has 13 heteroatoms. The van der Waals surface area contributed by atoms with E-state index in [0.717, 1.165) is 22.3 Å². The first-order valence-corrected chi connectivity index (χ1v) is 18.6. The monoisotopic (exact) mass is 763 g/mol. The van der Waals surface area contributed by atoms with E-state index in [4.69, 9.17) is 42.6 Å². The minimum Gasteiger partial charge on any atom is -0.459 e. The van der Waals surface area contributed by atoms with Crippen LogP contribution in [0, 0.1) is 0 Å². The van der Waals surface area contributed by atoms with Gasteiger partial charge >= 0.3 is 5.97 Å². The average Bonchev–Trinajstić information content (AvgIpc) is 3.69. The number of azide groups is 1. The van der Waals surface area contributed by atoms with Gasteiger partial charge in [0.1, 0.15) is 49.3 Å². The van der Waals surface area contributed by atoms with Gasteiger partial charge < -0.3 is 42.6 Å². The lowest BCUT2D eigenvalue weighted by molar-refractivity contribution is -0.345. The van der Waals surface area contributed by atoms with Crippen LogP contribution >= 0.6 is 0 Å². The maximum absolute atomic E-state index is 14.0. The van der Waals surface area contributed by atoms with Crippen LogP contribution in [-0.4, -0.2) is 80.5 Å². The summed E-state index contributed by atoms with van der Waals surface area (Å²) in [5.41, 5.74) is 13.2. The molecular weight excluding hydrogens is 718 g/mol. The van der Waals surface area contributed by atoms with Crippen molar-refractivity contribution < 1.29 is 47.4 Å². The van der Waals surface area contributed by atoms with Crippen LogP contribution in [0.25, 0.3) is 10.4 Å². The molecule has 4 aromatic carbocycles. The van der Waals surface area contributed by atoms with Gasteiger partial charge in [0.15, 0.2) is 18.7 Å². The van der Waals surface area contributed by atoms with Crippen molar-refractivity contribution in [3.8, 4) is 0 Å². The van der Waals surface area contributed by atoms with E-state index in [-0.39, 0.29) is 39.6 Å². The van der Waals surface area contributed by atoms with Crippen molar-refractivity contribution in [2.75, 3.05) is 13.2 Å². The zero-order valence-corrected chi connectivity index (χ0v) is 30.8. The fourth-order valence-electron chi connectivity index (χ4n) is 6.99. The number of hydrogen-bond donors (Lipinski definition) is 0. The molecule has 0 amide bonds. The SMILES string of the molecule is C=CCOC(=O)[C@H]1O[C@@H](O[C@H]2[C@H](OCc3ccccc3)[C@@H](N=[N+]=[N-])[C@@H]3OC[C@H]2O3)[C@H](OCc2ccccc2)[C@@H](OCc2ccccc2)[C@@H]1OCc1ccccc1. The smallest absolute Gasteiger partial charge is 0.338 e. The van der Waals surface area contributed by atoms with E-state index in [0.29, 0.717) is 0 Å². The molecule has 0 N–H and O–H groups in total. The zero-order valence-electron chi connectivity index (χ0n) is 30.8. The number of fused-ring (bicyclic) bond motifs is 2. The number of benzene rings is 4. The summed E-state index contributed by atoms with van der Waals surface area (Å²) in [5, 5.41) is 4.04. The van der Waals surface area contributed by atoms with E-state index in [1.54, 1.807) is 0 Å². The van der Waals surface area contributed by atoms with Gasteiger partial charge in [-0.3, -0.25) is 0 Å². The molecule has 2 bridgehead atoms. The molecule has 4 aromatic rings. The first-order chi connectivity index (χ1) is 27.6. The second-order valence-electron chi connectivity index (χ2n) is 13.6. The minimum absolute atomic E-state index is 0.0559. The Morgan fingerprint density at radius 3 is 1.66 bits per heavy atom. The molecule has 0 saturated carbocycles. The van der Waals surface area contributed by atoms with Gasteiger partial charge in [-0.25, -0.2) is 4.79 Å². The number of hydrogen-bond acceptors (Lipinski definition) is 11. The van der Waals surface area contributed by atoms with Crippen molar-refractivity contribution >= 4 is 5.97 Å². The van der Waals surface area contributed by atoms with Gasteiger partial charge in [-0.05, 0) is 27.8 Å².